The Labute approximate surface area is 130 Å². The molecule has 0 fully saturated rings. The van der Waals surface area contributed by atoms with Crippen molar-refractivity contribution >= 4 is 11.8 Å². The predicted molar refractivity (Wildman–Crippen MR) is 66.4 cm³/mol. The lowest BCUT2D eigenvalue weighted by molar-refractivity contribution is -0.199. The van der Waals surface area contributed by atoms with Gasteiger partial charge in [-0.15, -0.1) is 0 Å². The van der Waals surface area contributed by atoms with Crippen LogP contribution in [0, 0.1) is 0 Å². The van der Waals surface area contributed by atoms with Crippen LogP contribution in [0.2, 0.25) is 0 Å². The summed E-state index contributed by atoms with van der Waals surface area (Å²) in [6.45, 7) is -0.623. The Bertz CT molecular complexity index is 728. The fraction of sp³-hybridized carbons (Fsp3) is 0.286. The summed E-state index contributed by atoms with van der Waals surface area (Å²) < 4.78 is 82.1. The number of carbonyl (C=O) groups excluding carboxylic acids is 2. The highest BCUT2D eigenvalue weighted by Gasteiger charge is 2.41. The molecule has 0 amide bonds. The van der Waals surface area contributed by atoms with E-state index >= 15 is 0 Å². The van der Waals surface area contributed by atoms with Crippen LogP contribution in [0.3, 0.4) is 0 Å². The minimum absolute atomic E-state index is 0.0756. The van der Waals surface area contributed by atoms with Gasteiger partial charge in [-0.3, -0.25) is 4.79 Å². The van der Waals surface area contributed by atoms with Gasteiger partial charge in [-0.25, -0.2) is 4.79 Å². The van der Waals surface area contributed by atoms with Crippen molar-refractivity contribution in [2.24, 2.45) is 0 Å². The molecule has 0 aromatic rings. The number of halogens is 6. The lowest BCUT2D eigenvalue weighted by atomic mass is 10.1. The maximum Gasteiger partial charge on any atom is 0.490 e. The first-order valence-electron chi connectivity index (χ1n) is 6.36. The minimum atomic E-state index is -5.11. The number of carbonyl (C=O) groups is 2. The Hall–Kier alpha value is -2.52. The molecule has 0 spiro atoms. The van der Waals surface area contributed by atoms with E-state index in [-0.39, 0.29) is 23.3 Å². The number of ketones is 1. The molecular formula is C14H8F6O4. The normalized spacial score (nSPS) is 12.4. The van der Waals surface area contributed by atoms with Crippen molar-refractivity contribution in [2.45, 2.75) is 18.8 Å². The average Bonchev–Trinajstić information content (AvgIpc) is 2.87. The zero-order valence-corrected chi connectivity index (χ0v) is 11.6. The second-order valence-corrected chi connectivity index (χ2v) is 4.67. The molecule has 2 rings (SSSR count). The van der Waals surface area contributed by atoms with E-state index in [1.807, 2.05) is 0 Å². The Kier molecular flexibility index (Phi) is 4.59. The lowest BCUT2D eigenvalue weighted by Crippen LogP contribution is -2.26. The number of hydrogen-bond acceptors (Lipinski definition) is 4. The first-order valence-corrected chi connectivity index (χ1v) is 6.36. The summed E-state index contributed by atoms with van der Waals surface area (Å²) in [4.78, 5) is 21.8. The van der Waals surface area contributed by atoms with Crippen LogP contribution in [0.15, 0.2) is 28.9 Å². The monoisotopic (exact) mass is 354 g/mol. The predicted octanol–water partition coefficient (Wildman–Crippen LogP) is 3.78. The van der Waals surface area contributed by atoms with Gasteiger partial charge < -0.3 is 9.15 Å². The van der Waals surface area contributed by atoms with E-state index in [1.54, 1.807) is 0 Å². The molecule has 4 nitrogen and oxygen atoms in total. The standard InChI is InChI=1S/C14H8F6O4/c15-13(16,17)11(21)9-2-1-7-5-8(24-6-10(7)9)3-4-23-12(22)14(18,19)20/h1-2,5-6H,3-4H2. The molecule has 0 aromatic carbocycles. The number of fused-ring (bicyclic) bond motifs is 1. The van der Waals surface area contributed by atoms with Gasteiger partial charge in [-0.1, -0.05) is 6.07 Å². The maximum absolute atomic E-state index is 12.4. The van der Waals surface area contributed by atoms with Crippen molar-refractivity contribution < 1.29 is 45.1 Å². The van der Waals surface area contributed by atoms with E-state index in [9.17, 15) is 35.9 Å². The fourth-order valence-electron chi connectivity index (χ4n) is 1.92. The number of rotatable bonds is 4. The Balaban J connectivity index is 2.09. The van der Waals surface area contributed by atoms with Crippen LogP contribution in [0.5, 0.6) is 0 Å². The van der Waals surface area contributed by atoms with Crippen LogP contribution in [0.25, 0.3) is 11.1 Å². The van der Waals surface area contributed by atoms with Crippen LogP contribution in [-0.2, 0) is 16.0 Å². The number of Topliss-reactive ketones (excluding diaryl/α,β-unsaturated/α-hetero) is 1. The molecule has 1 heterocycles. The molecule has 0 atom stereocenters. The van der Waals surface area contributed by atoms with Gasteiger partial charge in [0.05, 0.1) is 12.9 Å². The molecule has 0 bridgehead atoms. The van der Waals surface area contributed by atoms with Crippen molar-refractivity contribution in [3.63, 3.8) is 0 Å². The molecule has 24 heavy (non-hydrogen) atoms. The molecule has 2 aliphatic rings. The highest BCUT2D eigenvalue weighted by molar-refractivity contribution is 6.06. The third-order valence-electron chi connectivity index (χ3n) is 2.99. The van der Waals surface area contributed by atoms with E-state index in [0.717, 1.165) is 12.3 Å². The number of ether oxygens (including phenoxy) is 1. The SMILES string of the molecule is O=C(OCCc1cc2ccc(C(=O)C(F)(F)F)c-2co1)C(F)(F)F. The molecule has 0 saturated carbocycles. The summed E-state index contributed by atoms with van der Waals surface area (Å²) in [5, 5.41) is 0. The van der Waals surface area contributed by atoms with E-state index in [1.165, 1.54) is 12.1 Å². The Morgan fingerprint density at radius 3 is 2.29 bits per heavy atom. The molecule has 0 N–H and O–H groups in total. The molecule has 1 aliphatic carbocycles. The van der Waals surface area contributed by atoms with Crippen LogP contribution >= 0.6 is 0 Å². The molecule has 0 aromatic heterocycles. The van der Waals surface area contributed by atoms with Gasteiger partial charge in [0.15, 0.2) is 0 Å². The molecule has 0 unspecified atom stereocenters. The van der Waals surface area contributed by atoms with Crippen LogP contribution in [0.4, 0.5) is 26.3 Å². The van der Waals surface area contributed by atoms with Crippen LogP contribution < -0.4 is 0 Å². The summed E-state index contributed by atoms with van der Waals surface area (Å²) in [7, 11) is 0. The summed E-state index contributed by atoms with van der Waals surface area (Å²) in [6, 6.07) is 3.47. The molecule has 130 valence electrons. The Morgan fingerprint density at radius 2 is 1.71 bits per heavy atom. The van der Waals surface area contributed by atoms with Crippen molar-refractivity contribution in [1.82, 2.24) is 0 Å². The van der Waals surface area contributed by atoms with Crippen LogP contribution in [0.1, 0.15) is 16.1 Å². The molecule has 10 heteroatoms. The van der Waals surface area contributed by atoms with Gasteiger partial charge in [0, 0.05) is 17.5 Å². The number of esters is 1. The van der Waals surface area contributed by atoms with E-state index in [4.69, 9.17) is 4.42 Å². The van der Waals surface area contributed by atoms with E-state index in [0.29, 0.717) is 0 Å². The average molecular weight is 354 g/mol. The lowest BCUT2D eigenvalue weighted by Gasteiger charge is -2.09. The quantitative estimate of drug-likeness (QED) is 0.476. The first-order chi connectivity index (χ1) is 11.0. The van der Waals surface area contributed by atoms with Crippen molar-refractivity contribution in [1.29, 1.82) is 0 Å². The summed E-state index contributed by atoms with van der Waals surface area (Å²) >= 11 is 0. The maximum atomic E-state index is 12.4. The van der Waals surface area contributed by atoms with E-state index in [2.05, 4.69) is 4.74 Å². The first kappa shape index (κ1) is 17.8. The summed E-state index contributed by atoms with van der Waals surface area (Å²) in [5.74, 6) is -4.30. The smallest absolute Gasteiger partial charge is 0.469 e. The second kappa shape index (κ2) is 6.17. The van der Waals surface area contributed by atoms with Crippen molar-refractivity contribution in [3.05, 3.63) is 35.8 Å². The fourth-order valence-corrected chi connectivity index (χ4v) is 1.92. The highest BCUT2D eigenvalue weighted by atomic mass is 19.4. The third kappa shape index (κ3) is 3.87. The molecule has 0 radical (unpaired) electrons. The second-order valence-electron chi connectivity index (χ2n) is 4.67. The largest absolute Gasteiger partial charge is 0.490 e. The molecule has 0 saturated heterocycles. The topological polar surface area (TPSA) is 56.5 Å². The zero-order valence-electron chi connectivity index (χ0n) is 11.6. The van der Waals surface area contributed by atoms with Gasteiger partial charge in [-0.2, -0.15) is 26.3 Å². The number of hydrogen-bond donors (Lipinski definition) is 0. The van der Waals surface area contributed by atoms with E-state index < -0.39 is 36.3 Å². The van der Waals surface area contributed by atoms with Crippen molar-refractivity contribution in [3.8, 4) is 11.1 Å². The van der Waals surface area contributed by atoms with Gasteiger partial charge in [0.1, 0.15) is 5.76 Å². The van der Waals surface area contributed by atoms with Gasteiger partial charge >= 0.3 is 18.3 Å². The van der Waals surface area contributed by atoms with Gasteiger partial charge in [-0.05, 0) is 17.7 Å². The van der Waals surface area contributed by atoms with Crippen molar-refractivity contribution in [2.75, 3.05) is 6.61 Å². The van der Waals surface area contributed by atoms with Gasteiger partial charge in [0.2, 0.25) is 0 Å². The highest BCUT2D eigenvalue weighted by Crippen LogP contribution is 2.33. The van der Waals surface area contributed by atoms with Gasteiger partial charge in [0.25, 0.3) is 5.78 Å². The molecule has 1 aliphatic heterocycles. The molecular weight excluding hydrogens is 346 g/mol. The minimum Gasteiger partial charge on any atom is -0.469 e. The van der Waals surface area contributed by atoms with Crippen LogP contribution in [-0.4, -0.2) is 30.7 Å². The Morgan fingerprint density at radius 1 is 1.04 bits per heavy atom. The number of alkyl halides is 6. The summed E-state index contributed by atoms with van der Waals surface area (Å²) in [6.07, 6.45) is -9.47. The zero-order chi connectivity index (χ0) is 18.1. The third-order valence-corrected chi connectivity index (χ3v) is 2.99. The summed E-state index contributed by atoms with van der Waals surface area (Å²) in [5.41, 5.74) is -0.421.